The SMILES string of the molecule is CCOC(=O)C(CC)N1CCN(c2ccccc2)CC1. The Balaban J connectivity index is 1.91. The fourth-order valence-corrected chi connectivity index (χ4v) is 2.74. The Morgan fingerprint density at radius 3 is 2.35 bits per heavy atom. The molecule has 110 valence electrons. The van der Waals surface area contributed by atoms with Crippen LogP contribution in [0, 0.1) is 0 Å². The summed E-state index contributed by atoms with van der Waals surface area (Å²) in [6, 6.07) is 10.3. The molecule has 0 N–H and O–H groups in total. The van der Waals surface area contributed by atoms with Crippen molar-refractivity contribution < 1.29 is 9.53 Å². The van der Waals surface area contributed by atoms with Gasteiger partial charge in [0.2, 0.25) is 0 Å². The molecule has 1 unspecified atom stereocenters. The summed E-state index contributed by atoms with van der Waals surface area (Å²) < 4.78 is 5.17. The second-order valence-corrected chi connectivity index (χ2v) is 5.03. The zero-order valence-corrected chi connectivity index (χ0v) is 12.4. The summed E-state index contributed by atoms with van der Waals surface area (Å²) in [7, 11) is 0. The van der Waals surface area contributed by atoms with Gasteiger partial charge in [0.15, 0.2) is 0 Å². The highest BCUT2D eigenvalue weighted by Gasteiger charge is 2.28. The van der Waals surface area contributed by atoms with E-state index in [2.05, 4.69) is 34.1 Å². The minimum absolute atomic E-state index is 0.0804. The lowest BCUT2D eigenvalue weighted by atomic mass is 10.1. The monoisotopic (exact) mass is 276 g/mol. The van der Waals surface area contributed by atoms with Gasteiger partial charge < -0.3 is 9.64 Å². The number of carbonyl (C=O) groups excluding carboxylic acids is 1. The molecule has 1 aromatic carbocycles. The molecule has 1 saturated heterocycles. The predicted octanol–water partition coefficient (Wildman–Crippen LogP) is 2.15. The van der Waals surface area contributed by atoms with Crippen LogP contribution in [0.3, 0.4) is 0 Å². The van der Waals surface area contributed by atoms with Crippen LogP contribution in [0.4, 0.5) is 5.69 Å². The molecule has 0 amide bonds. The van der Waals surface area contributed by atoms with Crippen molar-refractivity contribution in [3.63, 3.8) is 0 Å². The van der Waals surface area contributed by atoms with Crippen LogP contribution in [0.25, 0.3) is 0 Å². The summed E-state index contributed by atoms with van der Waals surface area (Å²) in [5.41, 5.74) is 1.26. The lowest BCUT2D eigenvalue weighted by Gasteiger charge is -2.39. The van der Waals surface area contributed by atoms with E-state index in [1.165, 1.54) is 5.69 Å². The Morgan fingerprint density at radius 2 is 1.80 bits per heavy atom. The lowest BCUT2D eigenvalue weighted by Crippen LogP contribution is -2.53. The molecule has 4 nitrogen and oxygen atoms in total. The maximum atomic E-state index is 11.9. The molecular weight excluding hydrogens is 252 g/mol. The van der Waals surface area contributed by atoms with Crippen molar-refractivity contribution in [1.82, 2.24) is 4.90 Å². The van der Waals surface area contributed by atoms with Gasteiger partial charge in [-0.15, -0.1) is 0 Å². The number of piperazine rings is 1. The van der Waals surface area contributed by atoms with E-state index in [-0.39, 0.29) is 12.0 Å². The van der Waals surface area contributed by atoms with Crippen LogP contribution in [0.1, 0.15) is 20.3 Å². The van der Waals surface area contributed by atoms with Gasteiger partial charge in [-0.3, -0.25) is 9.69 Å². The third kappa shape index (κ3) is 3.51. The number of rotatable bonds is 5. The highest BCUT2D eigenvalue weighted by Crippen LogP contribution is 2.17. The van der Waals surface area contributed by atoms with Crippen LogP contribution in [0.2, 0.25) is 0 Å². The van der Waals surface area contributed by atoms with E-state index in [1.54, 1.807) is 0 Å². The maximum absolute atomic E-state index is 11.9. The van der Waals surface area contributed by atoms with Gasteiger partial charge in [-0.25, -0.2) is 0 Å². The predicted molar refractivity (Wildman–Crippen MR) is 80.9 cm³/mol. The first-order valence-electron chi connectivity index (χ1n) is 7.47. The first-order valence-corrected chi connectivity index (χ1v) is 7.47. The van der Waals surface area contributed by atoms with E-state index in [1.807, 2.05) is 19.9 Å². The van der Waals surface area contributed by atoms with E-state index in [4.69, 9.17) is 4.74 Å². The minimum Gasteiger partial charge on any atom is -0.465 e. The first kappa shape index (κ1) is 14.9. The number of anilines is 1. The molecule has 0 saturated carbocycles. The molecule has 0 aliphatic carbocycles. The Labute approximate surface area is 121 Å². The quantitative estimate of drug-likeness (QED) is 0.772. The molecule has 1 fully saturated rings. The zero-order valence-electron chi connectivity index (χ0n) is 12.4. The van der Waals surface area contributed by atoms with Crippen molar-refractivity contribution in [1.29, 1.82) is 0 Å². The normalized spacial score (nSPS) is 17.8. The van der Waals surface area contributed by atoms with Crippen LogP contribution < -0.4 is 4.90 Å². The number of hydrogen-bond donors (Lipinski definition) is 0. The molecule has 2 rings (SSSR count). The molecule has 1 aliphatic rings. The number of hydrogen-bond acceptors (Lipinski definition) is 4. The molecular formula is C16H24N2O2. The summed E-state index contributed by atoms with van der Waals surface area (Å²) >= 11 is 0. The molecule has 0 bridgehead atoms. The van der Waals surface area contributed by atoms with Crippen LogP contribution in [0.15, 0.2) is 30.3 Å². The van der Waals surface area contributed by atoms with Crippen LogP contribution in [0.5, 0.6) is 0 Å². The molecule has 20 heavy (non-hydrogen) atoms. The average Bonchev–Trinajstić information content (AvgIpc) is 2.50. The summed E-state index contributed by atoms with van der Waals surface area (Å²) in [6.45, 7) is 8.10. The molecule has 1 aliphatic heterocycles. The van der Waals surface area contributed by atoms with Crippen molar-refractivity contribution in [2.75, 3.05) is 37.7 Å². The van der Waals surface area contributed by atoms with Crippen molar-refractivity contribution in [2.45, 2.75) is 26.3 Å². The average molecular weight is 276 g/mol. The molecule has 0 spiro atoms. The van der Waals surface area contributed by atoms with Crippen molar-refractivity contribution in [2.24, 2.45) is 0 Å². The number of benzene rings is 1. The second kappa shape index (κ2) is 7.29. The van der Waals surface area contributed by atoms with Crippen LogP contribution >= 0.6 is 0 Å². The summed E-state index contributed by atoms with van der Waals surface area (Å²) in [5.74, 6) is -0.0804. The van der Waals surface area contributed by atoms with Crippen molar-refractivity contribution in [3.8, 4) is 0 Å². The van der Waals surface area contributed by atoms with Crippen molar-refractivity contribution in [3.05, 3.63) is 30.3 Å². The molecule has 1 atom stereocenters. The number of carbonyl (C=O) groups is 1. The van der Waals surface area contributed by atoms with Crippen molar-refractivity contribution >= 4 is 11.7 Å². The third-order valence-electron chi connectivity index (χ3n) is 3.82. The summed E-state index contributed by atoms with van der Waals surface area (Å²) in [6.07, 6.45) is 0.810. The molecule has 1 heterocycles. The largest absolute Gasteiger partial charge is 0.465 e. The Morgan fingerprint density at radius 1 is 1.15 bits per heavy atom. The van der Waals surface area contributed by atoms with Crippen LogP contribution in [-0.2, 0) is 9.53 Å². The van der Waals surface area contributed by atoms with Gasteiger partial charge in [-0.05, 0) is 25.5 Å². The molecule has 1 aromatic rings. The standard InChI is InChI=1S/C16H24N2O2/c1-3-15(16(19)20-4-2)18-12-10-17(11-13-18)14-8-6-5-7-9-14/h5-9,15H,3-4,10-13H2,1-2H3. The Bertz CT molecular complexity index is 414. The molecule has 0 aromatic heterocycles. The fraction of sp³-hybridized carbons (Fsp3) is 0.562. The van der Waals surface area contributed by atoms with Gasteiger partial charge in [-0.1, -0.05) is 25.1 Å². The van der Waals surface area contributed by atoms with E-state index >= 15 is 0 Å². The topological polar surface area (TPSA) is 32.8 Å². The van der Waals surface area contributed by atoms with Gasteiger partial charge in [0, 0.05) is 31.9 Å². The highest BCUT2D eigenvalue weighted by atomic mass is 16.5. The van der Waals surface area contributed by atoms with Crippen LogP contribution in [-0.4, -0.2) is 49.7 Å². The third-order valence-corrected chi connectivity index (χ3v) is 3.82. The zero-order chi connectivity index (χ0) is 14.4. The molecule has 4 heteroatoms. The minimum atomic E-state index is -0.0899. The van der Waals surface area contributed by atoms with E-state index in [9.17, 15) is 4.79 Å². The Kier molecular flexibility index (Phi) is 5.41. The van der Waals surface area contributed by atoms with E-state index in [0.717, 1.165) is 32.6 Å². The summed E-state index contributed by atoms with van der Waals surface area (Å²) in [4.78, 5) is 16.6. The Hall–Kier alpha value is -1.55. The smallest absolute Gasteiger partial charge is 0.323 e. The number of nitrogens with zero attached hydrogens (tertiary/aromatic N) is 2. The van der Waals surface area contributed by atoms with E-state index in [0.29, 0.717) is 6.61 Å². The second-order valence-electron chi connectivity index (χ2n) is 5.03. The fourth-order valence-electron chi connectivity index (χ4n) is 2.74. The molecule has 0 radical (unpaired) electrons. The van der Waals surface area contributed by atoms with Gasteiger partial charge in [0.05, 0.1) is 6.61 Å². The highest BCUT2D eigenvalue weighted by molar-refractivity contribution is 5.75. The van der Waals surface area contributed by atoms with Gasteiger partial charge >= 0.3 is 5.97 Å². The maximum Gasteiger partial charge on any atom is 0.323 e. The van der Waals surface area contributed by atoms with Gasteiger partial charge in [-0.2, -0.15) is 0 Å². The van der Waals surface area contributed by atoms with E-state index < -0.39 is 0 Å². The van der Waals surface area contributed by atoms with Gasteiger partial charge in [0.1, 0.15) is 6.04 Å². The number of para-hydroxylation sites is 1. The van der Waals surface area contributed by atoms with Gasteiger partial charge in [0.25, 0.3) is 0 Å². The first-order chi connectivity index (χ1) is 9.76. The lowest BCUT2D eigenvalue weighted by molar-refractivity contribution is -0.149. The summed E-state index contributed by atoms with van der Waals surface area (Å²) in [5, 5.41) is 0. The number of esters is 1. The number of ether oxygens (including phenoxy) is 1.